The molecule has 1 aliphatic heterocycles. The number of nitrogens with one attached hydrogen (secondary N) is 1. The zero-order chi connectivity index (χ0) is 16.9. The molecule has 130 valence electrons. The number of aromatic amines is 1. The van der Waals surface area contributed by atoms with Crippen LogP contribution in [0.5, 0.6) is 0 Å². The molecule has 3 rings (SSSR count). The van der Waals surface area contributed by atoms with Crippen molar-refractivity contribution >= 4 is 16.9 Å². The van der Waals surface area contributed by atoms with Crippen molar-refractivity contribution in [2.45, 2.75) is 19.6 Å². The molecule has 0 radical (unpaired) electrons. The number of likely N-dealkylation sites (N-methyl/N-ethyl adjacent to an activating group) is 1. The Morgan fingerprint density at radius 3 is 3.08 bits per heavy atom. The van der Waals surface area contributed by atoms with Gasteiger partial charge in [0.2, 0.25) is 5.91 Å². The minimum absolute atomic E-state index is 0.0140. The van der Waals surface area contributed by atoms with Crippen LogP contribution in [0, 0.1) is 6.92 Å². The van der Waals surface area contributed by atoms with Crippen molar-refractivity contribution in [2.24, 2.45) is 0 Å². The fourth-order valence-electron chi connectivity index (χ4n) is 2.69. The van der Waals surface area contributed by atoms with E-state index in [9.17, 15) is 4.79 Å². The monoisotopic (exact) mass is 333 g/mol. The highest BCUT2D eigenvalue weighted by atomic mass is 16.6. The molecule has 1 aliphatic rings. The number of benzene rings is 1. The van der Waals surface area contributed by atoms with E-state index in [1.807, 2.05) is 25.1 Å². The van der Waals surface area contributed by atoms with Crippen LogP contribution in [0.25, 0.3) is 11.0 Å². The first-order valence-corrected chi connectivity index (χ1v) is 8.09. The summed E-state index contributed by atoms with van der Waals surface area (Å²) >= 11 is 0. The van der Waals surface area contributed by atoms with Crippen LogP contribution in [0.1, 0.15) is 11.4 Å². The lowest BCUT2D eigenvalue weighted by molar-refractivity contribution is -0.141. The van der Waals surface area contributed by atoms with Crippen molar-refractivity contribution < 1.29 is 19.0 Å². The number of rotatable bonds is 6. The zero-order valence-corrected chi connectivity index (χ0v) is 14.1. The van der Waals surface area contributed by atoms with E-state index in [1.54, 1.807) is 11.9 Å². The van der Waals surface area contributed by atoms with Gasteiger partial charge in [0.15, 0.2) is 0 Å². The summed E-state index contributed by atoms with van der Waals surface area (Å²) in [6.07, 6.45) is -0.0638. The van der Waals surface area contributed by atoms with Gasteiger partial charge in [0.25, 0.3) is 0 Å². The third-order valence-corrected chi connectivity index (χ3v) is 4.02. The molecule has 0 spiro atoms. The molecule has 7 heteroatoms. The highest BCUT2D eigenvalue weighted by Gasteiger charge is 2.19. The fourth-order valence-corrected chi connectivity index (χ4v) is 2.69. The number of imidazole rings is 1. The predicted molar refractivity (Wildman–Crippen MR) is 88.7 cm³/mol. The second kappa shape index (κ2) is 7.74. The Bertz CT molecular complexity index is 694. The van der Waals surface area contributed by atoms with Crippen molar-refractivity contribution in [3.8, 4) is 0 Å². The van der Waals surface area contributed by atoms with E-state index >= 15 is 0 Å². The molecular weight excluding hydrogens is 310 g/mol. The molecule has 0 bridgehead atoms. The lowest BCUT2D eigenvalue weighted by Crippen LogP contribution is -2.42. The number of hydrogen-bond donors (Lipinski definition) is 1. The maximum Gasteiger partial charge on any atom is 0.248 e. The van der Waals surface area contributed by atoms with E-state index in [0.29, 0.717) is 26.4 Å². The van der Waals surface area contributed by atoms with E-state index in [4.69, 9.17) is 14.2 Å². The number of aromatic nitrogens is 2. The van der Waals surface area contributed by atoms with Crippen molar-refractivity contribution in [1.82, 2.24) is 14.9 Å². The van der Waals surface area contributed by atoms with Gasteiger partial charge >= 0.3 is 0 Å². The fraction of sp³-hybridized carbons (Fsp3) is 0.529. The molecule has 1 N–H and O–H groups in total. The van der Waals surface area contributed by atoms with Crippen LogP contribution in [-0.4, -0.2) is 66.9 Å². The third kappa shape index (κ3) is 4.11. The number of carbonyl (C=O) groups excluding carboxylic acids is 1. The number of para-hydroxylation sites is 1. The smallest absolute Gasteiger partial charge is 0.248 e. The number of hydrogen-bond acceptors (Lipinski definition) is 5. The first-order chi connectivity index (χ1) is 11.6. The number of aryl methyl sites for hydroxylation is 1. The Labute approximate surface area is 140 Å². The summed E-state index contributed by atoms with van der Waals surface area (Å²) in [6, 6.07) is 5.98. The molecule has 1 aromatic heterocycles. The highest BCUT2D eigenvalue weighted by Crippen LogP contribution is 2.15. The number of amides is 1. The van der Waals surface area contributed by atoms with Crippen molar-refractivity contribution in [3.63, 3.8) is 0 Å². The summed E-state index contributed by atoms with van der Waals surface area (Å²) in [5.74, 6) is 0.634. The second-order valence-corrected chi connectivity index (χ2v) is 5.99. The number of fused-ring (bicyclic) bond motifs is 1. The van der Waals surface area contributed by atoms with E-state index in [-0.39, 0.29) is 25.2 Å². The van der Waals surface area contributed by atoms with Gasteiger partial charge in [0.05, 0.1) is 37.0 Å². The summed E-state index contributed by atoms with van der Waals surface area (Å²) in [5.41, 5.74) is 3.03. The van der Waals surface area contributed by atoms with Crippen LogP contribution in [0.2, 0.25) is 0 Å². The van der Waals surface area contributed by atoms with Crippen LogP contribution >= 0.6 is 0 Å². The molecular formula is C17H23N3O4. The third-order valence-electron chi connectivity index (χ3n) is 4.02. The minimum atomic E-state index is -0.0866. The van der Waals surface area contributed by atoms with Gasteiger partial charge in [-0.1, -0.05) is 12.1 Å². The topological polar surface area (TPSA) is 76.7 Å². The summed E-state index contributed by atoms with van der Waals surface area (Å²) in [7, 11) is 1.74. The molecule has 0 aliphatic carbocycles. The molecule has 1 amide bonds. The lowest BCUT2D eigenvalue weighted by atomic mass is 10.2. The normalized spacial score (nSPS) is 18.0. The SMILES string of the molecule is Cc1cccc2[nH]c(COCC(=O)N(C)CC3COCCO3)nc12. The Morgan fingerprint density at radius 2 is 2.33 bits per heavy atom. The Kier molecular flexibility index (Phi) is 5.44. The summed E-state index contributed by atoms with van der Waals surface area (Å²) in [4.78, 5) is 21.4. The lowest BCUT2D eigenvalue weighted by Gasteiger charge is -2.27. The number of carbonyl (C=O) groups is 1. The average molecular weight is 333 g/mol. The molecule has 1 saturated heterocycles. The first-order valence-electron chi connectivity index (χ1n) is 8.09. The second-order valence-electron chi connectivity index (χ2n) is 5.99. The van der Waals surface area contributed by atoms with Gasteiger partial charge < -0.3 is 24.1 Å². The van der Waals surface area contributed by atoms with Crippen LogP contribution in [-0.2, 0) is 25.6 Å². The molecule has 1 unspecified atom stereocenters. The molecule has 1 atom stereocenters. The number of ether oxygens (including phenoxy) is 3. The summed E-state index contributed by atoms with van der Waals surface area (Å²) in [6.45, 7) is 4.53. The number of nitrogens with zero attached hydrogens (tertiary/aromatic N) is 2. The van der Waals surface area contributed by atoms with Gasteiger partial charge in [-0.3, -0.25) is 4.79 Å². The van der Waals surface area contributed by atoms with Crippen molar-refractivity contribution in [3.05, 3.63) is 29.6 Å². The summed E-state index contributed by atoms with van der Waals surface area (Å²) in [5, 5.41) is 0. The summed E-state index contributed by atoms with van der Waals surface area (Å²) < 4.78 is 16.4. The molecule has 1 fully saturated rings. The molecule has 0 saturated carbocycles. The van der Waals surface area contributed by atoms with Gasteiger partial charge in [0, 0.05) is 13.6 Å². The molecule has 7 nitrogen and oxygen atoms in total. The first kappa shape index (κ1) is 16.9. The van der Waals surface area contributed by atoms with Crippen LogP contribution in [0.15, 0.2) is 18.2 Å². The maximum atomic E-state index is 12.1. The van der Waals surface area contributed by atoms with Gasteiger partial charge in [-0.15, -0.1) is 0 Å². The Hall–Kier alpha value is -1.96. The van der Waals surface area contributed by atoms with Gasteiger partial charge in [-0.2, -0.15) is 0 Å². The molecule has 2 heterocycles. The quantitative estimate of drug-likeness (QED) is 0.861. The van der Waals surface area contributed by atoms with E-state index in [0.717, 1.165) is 22.4 Å². The Morgan fingerprint density at radius 1 is 1.46 bits per heavy atom. The van der Waals surface area contributed by atoms with E-state index < -0.39 is 0 Å². The Balaban J connectivity index is 1.46. The predicted octanol–water partition coefficient (Wildman–Crippen LogP) is 1.26. The maximum absolute atomic E-state index is 12.1. The average Bonchev–Trinajstić information content (AvgIpc) is 3.00. The van der Waals surface area contributed by atoms with Crippen LogP contribution in [0.3, 0.4) is 0 Å². The van der Waals surface area contributed by atoms with E-state index in [2.05, 4.69) is 9.97 Å². The highest BCUT2D eigenvalue weighted by molar-refractivity contribution is 5.78. The minimum Gasteiger partial charge on any atom is -0.376 e. The van der Waals surface area contributed by atoms with E-state index in [1.165, 1.54) is 0 Å². The molecule has 24 heavy (non-hydrogen) atoms. The van der Waals surface area contributed by atoms with Crippen molar-refractivity contribution in [2.75, 3.05) is 40.0 Å². The van der Waals surface area contributed by atoms with Crippen LogP contribution in [0.4, 0.5) is 0 Å². The van der Waals surface area contributed by atoms with Gasteiger partial charge in [0.1, 0.15) is 19.0 Å². The van der Waals surface area contributed by atoms with Gasteiger partial charge in [-0.25, -0.2) is 4.98 Å². The van der Waals surface area contributed by atoms with Crippen molar-refractivity contribution in [1.29, 1.82) is 0 Å². The molecule has 2 aromatic rings. The zero-order valence-electron chi connectivity index (χ0n) is 14.1. The number of H-pyrrole nitrogens is 1. The molecule has 1 aromatic carbocycles. The largest absolute Gasteiger partial charge is 0.376 e. The standard InChI is InChI=1S/C17H23N3O4/c1-12-4-3-5-14-17(12)19-15(18-14)10-23-11-16(21)20(2)8-13-9-22-6-7-24-13/h3-5,13H,6-11H2,1-2H3,(H,18,19). The van der Waals surface area contributed by atoms with Crippen LogP contribution < -0.4 is 0 Å². The van der Waals surface area contributed by atoms with Gasteiger partial charge in [-0.05, 0) is 18.6 Å².